The minimum Gasteiger partial charge on any atom is -0.492 e. The number of hydrogen-bond acceptors (Lipinski definition) is 2. The highest BCUT2D eigenvalue weighted by atomic mass is 79.9. The van der Waals surface area contributed by atoms with E-state index in [-0.39, 0.29) is 0 Å². The molecule has 0 aliphatic carbocycles. The zero-order valence-electron chi connectivity index (χ0n) is 8.92. The van der Waals surface area contributed by atoms with Crippen molar-refractivity contribution >= 4 is 15.9 Å². The van der Waals surface area contributed by atoms with Crippen LogP contribution >= 0.6 is 15.9 Å². The fourth-order valence-electron chi connectivity index (χ4n) is 1.61. The molecule has 82 valence electrons. The molecule has 1 aliphatic rings. The highest BCUT2D eigenvalue weighted by Crippen LogP contribution is 2.26. The smallest absolute Gasteiger partial charge is 0.133 e. The number of hydrogen-bond donors (Lipinski definition) is 1. The third-order valence-corrected chi connectivity index (χ3v) is 3.36. The standard InChI is InChI=1S/C12H16BrNO/c1-9-2-3-12(11(13)6-9)15-5-4-10-7-14-8-10/h2-3,6,10,14H,4-5,7-8H2,1H3. The van der Waals surface area contributed by atoms with E-state index in [4.69, 9.17) is 4.74 Å². The van der Waals surface area contributed by atoms with Crippen molar-refractivity contribution in [3.8, 4) is 5.75 Å². The Kier molecular flexibility index (Phi) is 3.65. The lowest BCUT2D eigenvalue weighted by atomic mass is 10.0. The van der Waals surface area contributed by atoms with E-state index in [1.165, 1.54) is 5.56 Å². The topological polar surface area (TPSA) is 21.3 Å². The Bertz CT molecular complexity index is 336. The molecule has 0 bridgehead atoms. The van der Waals surface area contributed by atoms with Crippen LogP contribution in [0.3, 0.4) is 0 Å². The van der Waals surface area contributed by atoms with E-state index in [1.54, 1.807) is 0 Å². The van der Waals surface area contributed by atoms with Gasteiger partial charge in [0.2, 0.25) is 0 Å². The van der Waals surface area contributed by atoms with Crippen LogP contribution < -0.4 is 10.1 Å². The highest BCUT2D eigenvalue weighted by molar-refractivity contribution is 9.10. The minimum atomic E-state index is 0.813. The lowest BCUT2D eigenvalue weighted by Gasteiger charge is -2.26. The maximum atomic E-state index is 5.72. The van der Waals surface area contributed by atoms with E-state index in [1.807, 2.05) is 6.07 Å². The summed E-state index contributed by atoms with van der Waals surface area (Å²) in [6.07, 6.45) is 1.15. The molecule has 0 saturated carbocycles. The number of ether oxygens (including phenoxy) is 1. The zero-order valence-corrected chi connectivity index (χ0v) is 10.5. The van der Waals surface area contributed by atoms with Crippen molar-refractivity contribution in [3.63, 3.8) is 0 Å². The Balaban J connectivity index is 1.81. The third-order valence-electron chi connectivity index (χ3n) is 2.74. The van der Waals surface area contributed by atoms with Crippen molar-refractivity contribution in [2.75, 3.05) is 19.7 Å². The van der Waals surface area contributed by atoms with Crippen molar-refractivity contribution in [2.45, 2.75) is 13.3 Å². The summed E-state index contributed by atoms with van der Waals surface area (Å²) in [5, 5.41) is 3.26. The second-order valence-corrected chi connectivity index (χ2v) is 4.95. The van der Waals surface area contributed by atoms with E-state index in [0.717, 1.165) is 42.3 Å². The van der Waals surface area contributed by atoms with E-state index >= 15 is 0 Å². The summed E-state index contributed by atoms with van der Waals surface area (Å²) >= 11 is 3.51. The lowest BCUT2D eigenvalue weighted by Crippen LogP contribution is -2.42. The van der Waals surface area contributed by atoms with Crippen LogP contribution in [-0.4, -0.2) is 19.7 Å². The Hall–Kier alpha value is -0.540. The monoisotopic (exact) mass is 269 g/mol. The molecule has 1 aliphatic heterocycles. The number of nitrogens with one attached hydrogen (secondary N) is 1. The normalized spacial score (nSPS) is 16.1. The van der Waals surface area contributed by atoms with Gasteiger partial charge in [0.05, 0.1) is 11.1 Å². The van der Waals surface area contributed by atoms with Crippen molar-refractivity contribution in [1.29, 1.82) is 0 Å². The van der Waals surface area contributed by atoms with Gasteiger partial charge in [0.15, 0.2) is 0 Å². The van der Waals surface area contributed by atoms with Gasteiger partial charge < -0.3 is 10.1 Å². The van der Waals surface area contributed by atoms with Gasteiger partial charge in [-0.05, 0) is 66.0 Å². The fraction of sp³-hybridized carbons (Fsp3) is 0.500. The Morgan fingerprint density at radius 2 is 2.27 bits per heavy atom. The number of benzene rings is 1. The molecule has 1 aromatic rings. The van der Waals surface area contributed by atoms with Crippen LogP contribution in [0.1, 0.15) is 12.0 Å². The van der Waals surface area contributed by atoms with Crippen LogP contribution in [0, 0.1) is 12.8 Å². The summed E-state index contributed by atoms with van der Waals surface area (Å²) < 4.78 is 6.77. The van der Waals surface area contributed by atoms with Crippen molar-refractivity contribution in [1.82, 2.24) is 5.32 Å². The van der Waals surface area contributed by atoms with Gasteiger partial charge in [-0.25, -0.2) is 0 Å². The van der Waals surface area contributed by atoms with Crippen LogP contribution in [0.5, 0.6) is 5.75 Å². The molecule has 0 radical (unpaired) electrons. The quantitative estimate of drug-likeness (QED) is 0.908. The molecule has 1 fully saturated rings. The summed E-state index contributed by atoms with van der Waals surface area (Å²) in [4.78, 5) is 0. The molecule has 15 heavy (non-hydrogen) atoms. The molecule has 2 rings (SSSR count). The molecule has 0 aromatic heterocycles. The minimum absolute atomic E-state index is 0.813. The van der Waals surface area contributed by atoms with Gasteiger partial charge in [-0.3, -0.25) is 0 Å². The van der Waals surface area contributed by atoms with E-state index in [2.05, 4.69) is 40.3 Å². The molecule has 0 atom stereocenters. The average molecular weight is 270 g/mol. The maximum absolute atomic E-state index is 5.72. The van der Waals surface area contributed by atoms with Gasteiger partial charge >= 0.3 is 0 Å². The highest BCUT2D eigenvalue weighted by Gasteiger charge is 2.16. The number of rotatable bonds is 4. The van der Waals surface area contributed by atoms with E-state index < -0.39 is 0 Å². The molecule has 1 saturated heterocycles. The summed E-state index contributed by atoms with van der Waals surface area (Å²) in [6, 6.07) is 6.18. The summed E-state index contributed by atoms with van der Waals surface area (Å²) in [5.41, 5.74) is 1.25. The van der Waals surface area contributed by atoms with Crippen molar-refractivity contribution < 1.29 is 4.74 Å². The van der Waals surface area contributed by atoms with Gasteiger partial charge in [0.1, 0.15) is 5.75 Å². The SMILES string of the molecule is Cc1ccc(OCCC2CNC2)c(Br)c1. The number of halogens is 1. The largest absolute Gasteiger partial charge is 0.492 e. The van der Waals surface area contributed by atoms with E-state index in [0.29, 0.717) is 0 Å². The van der Waals surface area contributed by atoms with Crippen LogP contribution in [-0.2, 0) is 0 Å². The molecule has 3 heteroatoms. The molecular formula is C12H16BrNO. The predicted octanol–water partition coefficient (Wildman–Crippen LogP) is 2.75. The van der Waals surface area contributed by atoms with E-state index in [9.17, 15) is 0 Å². The van der Waals surface area contributed by atoms with Crippen LogP contribution in [0.2, 0.25) is 0 Å². The molecule has 1 aromatic carbocycles. The fourth-order valence-corrected chi connectivity index (χ4v) is 2.22. The van der Waals surface area contributed by atoms with Gasteiger partial charge in [-0.15, -0.1) is 0 Å². The van der Waals surface area contributed by atoms with Crippen LogP contribution in [0.25, 0.3) is 0 Å². The first-order valence-corrected chi connectivity index (χ1v) is 6.14. The Morgan fingerprint density at radius 1 is 1.47 bits per heavy atom. The third kappa shape index (κ3) is 2.95. The summed E-state index contributed by atoms with van der Waals surface area (Å²) in [5.74, 6) is 1.77. The summed E-state index contributed by atoms with van der Waals surface area (Å²) in [7, 11) is 0. The molecule has 1 heterocycles. The number of aryl methyl sites for hydroxylation is 1. The molecular weight excluding hydrogens is 254 g/mol. The first kappa shape index (κ1) is 11.0. The average Bonchev–Trinajstić information content (AvgIpc) is 2.12. The molecule has 1 N–H and O–H groups in total. The first-order chi connectivity index (χ1) is 7.25. The summed E-state index contributed by atoms with van der Waals surface area (Å²) in [6.45, 7) is 5.19. The van der Waals surface area contributed by atoms with Crippen LogP contribution in [0.4, 0.5) is 0 Å². The Labute approximate surface area is 99.1 Å². The maximum Gasteiger partial charge on any atom is 0.133 e. The van der Waals surface area contributed by atoms with Gasteiger partial charge in [-0.2, -0.15) is 0 Å². The molecule has 2 nitrogen and oxygen atoms in total. The molecule has 0 unspecified atom stereocenters. The van der Waals surface area contributed by atoms with Crippen LogP contribution in [0.15, 0.2) is 22.7 Å². The van der Waals surface area contributed by atoms with Crippen molar-refractivity contribution in [2.24, 2.45) is 5.92 Å². The van der Waals surface area contributed by atoms with Crippen molar-refractivity contribution in [3.05, 3.63) is 28.2 Å². The Morgan fingerprint density at radius 3 is 2.87 bits per heavy atom. The second-order valence-electron chi connectivity index (χ2n) is 4.10. The molecule has 0 amide bonds. The van der Waals surface area contributed by atoms with Gasteiger partial charge in [0, 0.05) is 0 Å². The predicted molar refractivity (Wildman–Crippen MR) is 65.4 cm³/mol. The lowest BCUT2D eigenvalue weighted by molar-refractivity contribution is 0.237. The second kappa shape index (κ2) is 4.99. The first-order valence-electron chi connectivity index (χ1n) is 5.35. The van der Waals surface area contributed by atoms with Gasteiger partial charge in [0.25, 0.3) is 0 Å². The zero-order chi connectivity index (χ0) is 10.7. The van der Waals surface area contributed by atoms with Gasteiger partial charge in [-0.1, -0.05) is 6.07 Å². The molecule has 0 spiro atoms.